The van der Waals surface area contributed by atoms with Gasteiger partial charge in [-0.05, 0) is 61.3 Å². The minimum absolute atomic E-state index is 0.00958. The van der Waals surface area contributed by atoms with E-state index >= 15 is 0 Å². The maximum absolute atomic E-state index is 13.4. The van der Waals surface area contributed by atoms with Crippen molar-refractivity contribution >= 4 is 17.5 Å². The maximum Gasteiger partial charge on any atom is 0.258 e. The first-order valence-corrected chi connectivity index (χ1v) is 11.7. The fourth-order valence-electron chi connectivity index (χ4n) is 4.22. The molecule has 1 heterocycles. The van der Waals surface area contributed by atoms with Gasteiger partial charge in [0.25, 0.3) is 5.91 Å². The van der Waals surface area contributed by atoms with Gasteiger partial charge in [-0.2, -0.15) is 0 Å². The standard InChI is InChI=1S/C28H31N3O2/c32-27(29-16-19-30-17-7-8-18-30)21-24-12-9-15-26(20-24)31(22-23-10-3-1-4-11-23)28(33)25-13-5-2-6-14-25/h1-6,9-15,20H,7-8,16-19,21-22H2,(H,29,32). The van der Waals surface area contributed by atoms with E-state index in [4.69, 9.17) is 0 Å². The molecule has 170 valence electrons. The Hall–Kier alpha value is -3.44. The van der Waals surface area contributed by atoms with Gasteiger partial charge in [0.15, 0.2) is 0 Å². The van der Waals surface area contributed by atoms with Crippen LogP contribution in [0.3, 0.4) is 0 Å². The van der Waals surface area contributed by atoms with Crippen molar-refractivity contribution in [2.45, 2.75) is 25.8 Å². The molecule has 5 nitrogen and oxygen atoms in total. The lowest BCUT2D eigenvalue weighted by molar-refractivity contribution is -0.120. The summed E-state index contributed by atoms with van der Waals surface area (Å²) in [5.74, 6) is -0.0537. The van der Waals surface area contributed by atoms with E-state index in [0.717, 1.165) is 36.4 Å². The second-order valence-electron chi connectivity index (χ2n) is 8.49. The quantitative estimate of drug-likeness (QED) is 0.539. The number of amides is 2. The highest BCUT2D eigenvalue weighted by atomic mass is 16.2. The SMILES string of the molecule is O=C(Cc1cccc(N(Cc2ccccc2)C(=O)c2ccccc2)c1)NCCN1CCCC1. The van der Waals surface area contributed by atoms with Gasteiger partial charge in [-0.3, -0.25) is 9.59 Å². The summed E-state index contributed by atoms with van der Waals surface area (Å²) in [6, 6.07) is 27.0. The van der Waals surface area contributed by atoms with Crippen LogP contribution >= 0.6 is 0 Å². The predicted molar refractivity (Wildman–Crippen MR) is 132 cm³/mol. The Labute approximate surface area is 196 Å². The molecular formula is C28H31N3O2. The number of anilines is 1. The minimum Gasteiger partial charge on any atom is -0.355 e. The number of hydrogen-bond acceptors (Lipinski definition) is 3. The third-order valence-electron chi connectivity index (χ3n) is 5.99. The van der Waals surface area contributed by atoms with E-state index in [2.05, 4.69) is 10.2 Å². The number of likely N-dealkylation sites (tertiary alicyclic amines) is 1. The van der Waals surface area contributed by atoms with Gasteiger partial charge in [-0.1, -0.05) is 60.7 Å². The zero-order valence-corrected chi connectivity index (χ0v) is 19.0. The van der Waals surface area contributed by atoms with E-state index in [1.165, 1.54) is 12.8 Å². The summed E-state index contributed by atoms with van der Waals surface area (Å²) in [6.45, 7) is 4.29. The van der Waals surface area contributed by atoms with Crippen LogP contribution in [-0.2, 0) is 17.8 Å². The lowest BCUT2D eigenvalue weighted by Gasteiger charge is -2.24. The summed E-state index contributed by atoms with van der Waals surface area (Å²) in [5.41, 5.74) is 3.37. The smallest absolute Gasteiger partial charge is 0.258 e. The molecule has 1 aliphatic heterocycles. The van der Waals surface area contributed by atoms with Gasteiger partial charge in [-0.25, -0.2) is 0 Å². The summed E-state index contributed by atoms with van der Waals surface area (Å²) >= 11 is 0. The highest BCUT2D eigenvalue weighted by molar-refractivity contribution is 6.06. The molecule has 0 aliphatic carbocycles. The molecule has 5 heteroatoms. The van der Waals surface area contributed by atoms with Crippen molar-refractivity contribution in [3.63, 3.8) is 0 Å². The van der Waals surface area contributed by atoms with E-state index in [1.807, 2.05) is 84.9 Å². The number of rotatable bonds is 9. The van der Waals surface area contributed by atoms with Crippen LogP contribution in [0.5, 0.6) is 0 Å². The van der Waals surface area contributed by atoms with Gasteiger partial charge in [0, 0.05) is 24.3 Å². The topological polar surface area (TPSA) is 52.7 Å². The van der Waals surface area contributed by atoms with Crippen molar-refractivity contribution in [2.24, 2.45) is 0 Å². The van der Waals surface area contributed by atoms with E-state index in [-0.39, 0.29) is 11.8 Å². The van der Waals surface area contributed by atoms with Crippen LogP contribution in [0.15, 0.2) is 84.9 Å². The molecule has 33 heavy (non-hydrogen) atoms. The highest BCUT2D eigenvalue weighted by Gasteiger charge is 2.19. The Morgan fingerprint density at radius 3 is 2.21 bits per heavy atom. The van der Waals surface area contributed by atoms with Crippen molar-refractivity contribution < 1.29 is 9.59 Å². The lowest BCUT2D eigenvalue weighted by Crippen LogP contribution is -2.34. The van der Waals surface area contributed by atoms with Crippen LogP contribution in [0.2, 0.25) is 0 Å². The van der Waals surface area contributed by atoms with Crippen LogP contribution < -0.4 is 10.2 Å². The zero-order valence-electron chi connectivity index (χ0n) is 19.0. The van der Waals surface area contributed by atoms with Crippen LogP contribution in [0.25, 0.3) is 0 Å². The monoisotopic (exact) mass is 441 g/mol. The fraction of sp³-hybridized carbons (Fsp3) is 0.286. The molecule has 0 spiro atoms. The number of carbonyl (C=O) groups excluding carboxylic acids is 2. The van der Waals surface area contributed by atoms with Crippen LogP contribution in [-0.4, -0.2) is 42.9 Å². The van der Waals surface area contributed by atoms with Crippen molar-refractivity contribution in [3.05, 3.63) is 102 Å². The molecule has 3 aromatic carbocycles. The Bertz CT molecular complexity index is 1050. The van der Waals surface area contributed by atoms with Crippen molar-refractivity contribution in [1.82, 2.24) is 10.2 Å². The molecule has 1 aliphatic rings. The van der Waals surface area contributed by atoms with E-state index in [1.54, 1.807) is 4.90 Å². The van der Waals surface area contributed by atoms with Gasteiger partial charge >= 0.3 is 0 Å². The summed E-state index contributed by atoms with van der Waals surface area (Å²) in [6.07, 6.45) is 2.80. The van der Waals surface area contributed by atoms with Gasteiger partial charge in [0.1, 0.15) is 0 Å². The first-order chi connectivity index (χ1) is 16.2. The maximum atomic E-state index is 13.4. The van der Waals surface area contributed by atoms with Crippen LogP contribution in [0.4, 0.5) is 5.69 Å². The van der Waals surface area contributed by atoms with Crippen molar-refractivity contribution in [1.29, 1.82) is 0 Å². The first-order valence-electron chi connectivity index (χ1n) is 11.7. The Kier molecular flexibility index (Phi) is 7.88. The molecule has 4 rings (SSSR count). The number of nitrogens with one attached hydrogen (secondary N) is 1. The minimum atomic E-state index is -0.0633. The van der Waals surface area contributed by atoms with E-state index < -0.39 is 0 Å². The Balaban J connectivity index is 1.46. The molecule has 1 saturated heterocycles. The molecule has 1 fully saturated rings. The highest BCUT2D eigenvalue weighted by Crippen LogP contribution is 2.22. The zero-order chi connectivity index (χ0) is 22.9. The third kappa shape index (κ3) is 6.53. The molecule has 1 N–H and O–H groups in total. The van der Waals surface area contributed by atoms with Crippen LogP contribution in [0.1, 0.15) is 34.3 Å². The molecule has 2 amide bonds. The summed E-state index contributed by atoms with van der Waals surface area (Å²) in [5, 5.41) is 3.03. The average Bonchev–Trinajstić information content (AvgIpc) is 3.37. The van der Waals surface area contributed by atoms with Gasteiger partial charge in [0.05, 0.1) is 13.0 Å². The number of benzene rings is 3. The molecular weight excluding hydrogens is 410 g/mol. The lowest BCUT2D eigenvalue weighted by atomic mass is 10.1. The third-order valence-corrected chi connectivity index (χ3v) is 5.99. The molecule has 0 atom stereocenters. The van der Waals surface area contributed by atoms with Gasteiger partial charge in [0.2, 0.25) is 5.91 Å². The second kappa shape index (κ2) is 11.4. The molecule has 0 aromatic heterocycles. The van der Waals surface area contributed by atoms with Crippen molar-refractivity contribution in [3.8, 4) is 0 Å². The Morgan fingerprint density at radius 2 is 1.48 bits per heavy atom. The summed E-state index contributed by atoms with van der Waals surface area (Å²) in [7, 11) is 0. The average molecular weight is 442 g/mol. The first kappa shape index (κ1) is 22.7. The summed E-state index contributed by atoms with van der Waals surface area (Å²) in [4.78, 5) is 30.1. The summed E-state index contributed by atoms with van der Waals surface area (Å²) < 4.78 is 0. The normalized spacial score (nSPS) is 13.6. The largest absolute Gasteiger partial charge is 0.355 e. The van der Waals surface area contributed by atoms with Crippen LogP contribution in [0, 0.1) is 0 Å². The molecule has 3 aromatic rings. The fourth-order valence-corrected chi connectivity index (χ4v) is 4.22. The predicted octanol–water partition coefficient (Wildman–Crippen LogP) is 4.29. The number of hydrogen-bond donors (Lipinski definition) is 1. The molecule has 0 bridgehead atoms. The molecule has 0 saturated carbocycles. The van der Waals surface area contributed by atoms with Gasteiger partial charge < -0.3 is 15.1 Å². The number of carbonyl (C=O) groups is 2. The van der Waals surface area contributed by atoms with E-state index in [0.29, 0.717) is 25.1 Å². The van der Waals surface area contributed by atoms with Crippen molar-refractivity contribution in [2.75, 3.05) is 31.1 Å². The Morgan fingerprint density at radius 1 is 0.818 bits per heavy atom. The molecule has 0 radical (unpaired) electrons. The van der Waals surface area contributed by atoms with E-state index in [9.17, 15) is 9.59 Å². The molecule has 0 unspecified atom stereocenters. The second-order valence-corrected chi connectivity index (χ2v) is 8.49. The van der Waals surface area contributed by atoms with Gasteiger partial charge in [-0.15, -0.1) is 0 Å². The number of nitrogens with zero attached hydrogens (tertiary/aromatic N) is 2.